The van der Waals surface area contributed by atoms with E-state index in [1.54, 1.807) is 15.7 Å². The quantitative estimate of drug-likeness (QED) is 0.232. The number of nitrogens with zero attached hydrogens (tertiary/aromatic N) is 7. The Kier molecular flexibility index (Phi) is 5.87. The van der Waals surface area contributed by atoms with E-state index in [2.05, 4.69) is 53.2 Å². The van der Waals surface area contributed by atoms with Crippen LogP contribution in [0.3, 0.4) is 0 Å². The SMILES string of the molecule is CCCCCn1c2nc(Br)[nH]c2c(=O)n2c(CCCc3nc(-c4cccs4)no3)nnc12. The van der Waals surface area contributed by atoms with Crippen LogP contribution >= 0.6 is 27.3 Å². The molecule has 0 bridgehead atoms. The third kappa shape index (κ3) is 3.88. The highest BCUT2D eigenvalue weighted by molar-refractivity contribution is 9.10. The van der Waals surface area contributed by atoms with Crippen molar-refractivity contribution in [1.29, 1.82) is 0 Å². The Balaban J connectivity index is 1.40. The van der Waals surface area contributed by atoms with Gasteiger partial charge in [-0.2, -0.15) is 4.98 Å². The van der Waals surface area contributed by atoms with Crippen molar-refractivity contribution in [2.45, 2.75) is 52.0 Å². The Bertz CT molecular complexity index is 1420. The summed E-state index contributed by atoms with van der Waals surface area (Å²) >= 11 is 4.92. The number of aromatic nitrogens is 8. The van der Waals surface area contributed by atoms with Crippen LogP contribution in [0.15, 0.2) is 31.6 Å². The number of rotatable bonds is 9. The maximum absolute atomic E-state index is 13.2. The molecule has 5 aromatic heterocycles. The van der Waals surface area contributed by atoms with Gasteiger partial charge in [0.2, 0.25) is 17.5 Å². The number of halogens is 1. The molecule has 0 spiro atoms. The number of fused-ring (bicyclic) bond motifs is 2. The molecule has 0 saturated heterocycles. The average molecular weight is 517 g/mol. The van der Waals surface area contributed by atoms with Crippen molar-refractivity contribution in [2.24, 2.45) is 0 Å². The number of aromatic amines is 1. The van der Waals surface area contributed by atoms with Crippen molar-refractivity contribution < 1.29 is 4.52 Å². The van der Waals surface area contributed by atoms with Crippen molar-refractivity contribution in [3.05, 3.63) is 44.3 Å². The molecule has 10 nitrogen and oxygen atoms in total. The standard InChI is InChI=1S/C20H21BrN8O2S/c1-2-3-4-10-28-17-15(23-19(21)24-17)18(30)29-13(25-26-20(28)29)8-5-9-14-22-16(27-31-14)12-7-6-11-32-12/h6-7,11H,2-5,8-10H2,1H3,(H,23,24). The molecule has 0 amide bonds. The van der Waals surface area contributed by atoms with Crippen molar-refractivity contribution in [1.82, 2.24) is 39.3 Å². The lowest BCUT2D eigenvalue weighted by molar-refractivity contribution is 0.375. The number of H-pyrrole nitrogens is 1. The number of aryl methyl sites for hydroxylation is 3. The lowest BCUT2D eigenvalue weighted by Gasteiger charge is -2.09. The first-order valence-corrected chi connectivity index (χ1v) is 12.2. The summed E-state index contributed by atoms with van der Waals surface area (Å²) in [6.45, 7) is 2.88. The summed E-state index contributed by atoms with van der Waals surface area (Å²) in [6, 6.07) is 3.92. The van der Waals surface area contributed by atoms with Gasteiger partial charge in [0.15, 0.2) is 15.9 Å². The predicted octanol–water partition coefficient (Wildman–Crippen LogP) is 4.01. The first-order valence-electron chi connectivity index (χ1n) is 10.5. The zero-order valence-corrected chi connectivity index (χ0v) is 19.8. The van der Waals surface area contributed by atoms with Crippen LogP contribution in [0, 0.1) is 0 Å². The summed E-state index contributed by atoms with van der Waals surface area (Å²) in [5.41, 5.74) is 0.841. The number of hydrogen-bond donors (Lipinski definition) is 1. The van der Waals surface area contributed by atoms with Crippen LogP contribution in [0.25, 0.3) is 27.6 Å². The molecule has 0 unspecified atom stereocenters. The summed E-state index contributed by atoms with van der Waals surface area (Å²) in [5.74, 6) is 2.30. The van der Waals surface area contributed by atoms with E-state index in [1.165, 1.54) is 0 Å². The minimum atomic E-state index is -0.197. The fourth-order valence-corrected chi connectivity index (χ4v) is 4.74. The van der Waals surface area contributed by atoms with E-state index in [-0.39, 0.29) is 5.56 Å². The third-order valence-electron chi connectivity index (χ3n) is 5.27. The number of nitrogens with one attached hydrogen (secondary N) is 1. The van der Waals surface area contributed by atoms with Crippen LogP contribution in [-0.4, -0.2) is 39.3 Å². The van der Waals surface area contributed by atoms with Gasteiger partial charge in [-0.05, 0) is 40.2 Å². The van der Waals surface area contributed by atoms with Gasteiger partial charge in [-0.25, -0.2) is 9.38 Å². The predicted molar refractivity (Wildman–Crippen MR) is 124 cm³/mol. The van der Waals surface area contributed by atoms with Crippen LogP contribution in [-0.2, 0) is 19.4 Å². The second-order valence-corrected chi connectivity index (χ2v) is 9.18. The van der Waals surface area contributed by atoms with Gasteiger partial charge >= 0.3 is 0 Å². The molecule has 0 aliphatic rings. The smallest absolute Gasteiger partial charge is 0.286 e. The summed E-state index contributed by atoms with van der Waals surface area (Å²) < 4.78 is 9.45. The van der Waals surface area contributed by atoms with E-state index >= 15 is 0 Å². The molecule has 1 N–H and O–H groups in total. The summed E-state index contributed by atoms with van der Waals surface area (Å²) in [7, 11) is 0. The molecule has 0 aromatic carbocycles. The molecule has 0 radical (unpaired) electrons. The van der Waals surface area contributed by atoms with Crippen LogP contribution in [0.1, 0.15) is 44.3 Å². The first kappa shape index (κ1) is 21.0. The number of hydrogen-bond acceptors (Lipinski definition) is 8. The van der Waals surface area contributed by atoms with E-state index in [0.717, 1.165) is 30.7 Å². The molecule has 0 fully saturated rings. The van der Waals surface area contributed by atoms with Crippen molar-refractivity contribution in [2.75, 3.05) is 0 Å². The second kappa shape index (κ2) is 8.94. The Hall–Kier alpha value is -2.86. The largest absolute Gasteiger partial charge is 0.339 e. The minimum Gasteiger partial charge on any atom is -0.339 e. The first-order chi connectivity index (χ1) is 15.7. The summed E-state index contributed by atoms with van der Waals surface area (Å²) in [5, 5.41) is 14.7. The van der Waals surface area contributed by atoms with E-state index in [0.29, 0.717) is 58.5 Å². The number of unbranched alkanes of at least 4 members (excludes halogenated alkanes) is 2. The Morgan fingerprint density at radius 2 is 2.09 bits per heavy atom. The van der Waals surface area contributed by atoms with Gasteiger partial charge in [-0.15, -0.1) is 21.5 Å². The maximum atomic E-state index is 13.2. The van der Waals surface area contributed by atoms with Gasteiger partial charge in [-0.3, -0.25) is 9.36 Å². The molecule has 5 heterocycles. The van der Waals surface area contributed by atoms with Crippen LogP contribution in [0.4, 0.5) is 0 Å². The lowest BCUT2D eigenvalue weighted by atomic mass is 10.2. The van der Waals surface area contributed by atoms with E-state index in [9.17, 15) is 4.79 Å². The van der Waals surface area contributed by atoms with Gasteiger partial charge < -0.3 is 9.51 Å². The maximum Gasteiger partial charge on any atom is 0.286 e. The molecule has 5 rings (SSSR count). The second-order valence-electron chi connectivity index (χ2n) is 7.48. The van der Waals surface area contributed by atoms with Crippen molar-refractivity contribution in [3.8, 4) is 10.7 Å². The Labute approximate surface area is 194 Å². The van der Waals surface area contributed by atoms with Gasteiger partial charge in [-0.1, -0.05) is 31.0 Å². The topological polar surface area (TPSA) is 120 Å². The summed E-state index contributed by atoms with van der Waals surface area (Å²) in [6.07, 6.45) is 5.02. The normalized spacial score (nSPS) is 11.8. The van der Waals surface area contributed by atoms with Gasteiger partial charge in [0.1, 0.15) is 5.82 Å². The fourth-order valence-electron chi connectivity index (χ4n) is 3.72. The highest BCUT2D eigenvalue weighted by atomic mass is 79.9. The van der Waals surface area contributed by atoms with Gasteiger partial charge in [0.05, 0.1) is 4.88 Å². The highest BCUT2D eigenvalue weighted by Gasteiger charge is 2.19. The lowest BCUT2D eigenvalue weighted by Crippen LogP contribution is -2.21. The minimum absolute atomic E-state index is 0.197. The molecule has 5 aromatic rings. The molecular weight excluding hydrogens is 496 g/mol. The molecule has 0 aliphatic carbocycles. The van der Waals surface area contributed by atoms with Gasteiger partial charge in [0.25, 0.3) is 5.56 Å². The average Bonchev–Trinajstić information content (AvgIpc) is 3.56. The molecule has 0 saturated carbocycles. The van der Waals surface area contributed by atoms with E-state index in [1.807, 2.05) is 22.1 Å². The summed E-state index contributed by atoms with van der Waals surface area (Å²) in [4.78, 5) is 26.1. The van der Waals surface area contributed by atoms with Gasteiger partial charge in [0, 0.05) is 19.4 Å². The zero-order valence-electron chi connectivity index (χ0n) is 17.4. The molecule has 166 valence electrons. The molecule has 0 atom stereocenters. The van der Waals surface area contributed by atoms with E-state index in [4.69, 9.17) is 4.52 Å². The molecule has 32 heavy (non-hydrogen) atoms. The van der Waals surface area contributed by atoms with Crippen molar-refractivity contribution in [3.63, 3.8) is 0 Å². The molecule has 0 aliphatic heterocycles. The third-order valence-corrected chi connectivity index (χ3v) is 6.51. The molecule has 12 heteroatoms. The van der Waals surface area contributed by atoms with Crippen LogP contribution < -0.4 is 5.56 Å². The Morgan fingerprint density at radius 3 is 2.91 bits per heavy atom. The number of thiophene rings is 1. The van der Waals surface area contributed by atoms with E-state index < -0.39 is 0 Å². The monoisotopic (exact) mass is 516 g/mol. The van der Waals surface area contributed by atoms with Crippen LogP contribution in [0.2, 0.25) is 0 Å². The molecular formula is C20H21BrN8O2S. The zero-order chi connectivity index (χ0) is 22.1. The van der Waals surface area contributed by atoms with Crippen LogP contribution in [0.5, 0.6) is 0 Å². The highest BCUT2D eigenvalue weighted by Crippen LogP contribution is 2.22. The fraction of sp³-hybridized carbons (Fsp3) is 0.400. The van der Waals surface area contributed by atoms with Crippen molar-refractivity contribution >= 4 is 44.2 Å². The number of imidazole rings is 1. The Morgan fingerprint density at radius 1 is 1.19 bits per heavy atom.